The zero-order valence-electron chi connectivity index (χ0n) is 12.4. The van der Waals surface area contributed by atoms with Gasteiger partial charge in [0.15, 0.2) is 5.78 Å². The smallest absolute Gasteiger partial charge is 0.220 e. The molecule has 0 radical (unpaired) electrons. The SMILES string of the molecule is CCCCC(=O)N[C@@H](Cc1cnc[nH]1)C(=O)CCCC. The number of hydrogen-bond acceptors (Lipinski definition) is 3. The van der Waals surface area contributed by atoms with Gasteiger partial charge in [-0.2, -0.15) is 0 Å². The normalized spacial score (nSPS) is 12.1. The average Bonchev–Trinajstić information content (AvgIpc) is 2.94. The Kier molecular flexibility index (Phi) is 7.62. The van der Waals surface area contributed by atoms with Gasteiger partial charge in [-0.05, 0) is 12.8 Å². The number of rotatable bonds is 10. The molecule has 1 amide bonds. The van der Waals surface area contributed by atoms with Crippen molar-refractivity contribution >= 4 is 11.7 Å². The van der Waals surface area contributed by atoms with Gasteiger partial charge in [0.25, 0.3) is 0 Å². The van der Waals surface area contributed by atoms with Gasteiger partial charge in [-0.1, -0.05) is 26.7 Å². The number of unbranched alkanes of at least 4 members (excludes halogenated alkanes) is 2. The number of aromatic nitrogens is 2. The number of carbonyl (C=O) groups is 2. The summed E-state index contributed by atoms with van der Waals surface area (Å²) in [5.41, 5.74) is 0.871. The lowest BCUT2D eigenvalue weighted by molar-refractivity contribution is -0.128. The van der Waals surface area contributed by atoms with E-state index < -0.39 is 6.04 Å². The molecule has 0 fully saturated rings. The summed E-state index contributed by atoms with van der Waals surface area (Å²) in [6.07, 6.45) is 8.44. The second kappa shape index (κ2) is 9.28. The molecular weight excluding hydrogens is 254 g/mol. The molecule has 5 nitrogen and oxygen atoms in total. The van der Waals surface area contributed by atoms with Crippen LogP contribution in [0, 0.1) is 0 Å². The molecule has 0 aliphatic rings. The number of nitrogens with zero attached hydrogens (tertiary/aromatic N) is 1. The summed E-state index contributed by atoms with van der Waals surface area (Å²) < 4.78 is 0. The van der Waals surface area contributed by atoms with Crippen LogP contribution in [0.4, 0.5) is 0 Å². The minimum Gasteiger partial charge on any atom is -0.348 e. The standard InChI is InChI=1S/C15H25N3O2/c1-3-5-7-14(19)13(9-12-10-16-11-17-12)18-15(20)8-6-4-2/h10-11,13H,3-9H2,1-2H3,(H,16,17)(H,18,20)/t13-/m0/s1. The Labute approximate surface area is 120 Å². The summed E-state index contributed by atoms with van der Waals surface area (Å²) in [4.78, 5) is 30.9. The van der Waals surface area contributed by atoms with Gasteiger partial charge in [-0.25, -0.2) is 4.98 Å². The van der Waals surface area contributed by atoms with Crippen molar-refractivity contribution in [2.45, 2.75) is 64.8 Å². The third-order valence-electron chi connectivity index (χ3n) is 3.24. The molecule has 0 aromatic carbocycles. The first kappa shape index (κ1) is 16.4. The molecule has 0 saturated heterocycles. The van der Waals surface area contributed by atoms with Crippen molar-refractivity contribution in [2.75, 3.05) is 0 Å². The summed E-state index contributed by atoms with van der Waals surface area (Å²) in [7, 11) is 0. The predicted octanol–water partition coefficient (Wildman–Crippen LogP) is 2.39. The highest BCUT2D eigenvalue weighted by Crippen LogP contribution is 2.06. The molecule has 112 valence electrons. The van der Waals surface area contributed by atoms with Gasteiger partial charge in [0.1, 0.15) is 0 Å². The van der Waals surface area contributed by atoms with Crippen LogP contribution < -0.4 is 5.32 Å². The van der Waals surface area contributed by atoms with E-state index >= 15 is 0 Å². The van der Waals surface area contributed by atoms with Crippen LogP contribution in [0.3, 0.4) is 0 Å². The number of H-pyrrole nitrogens is 1. The molecular formula is C15H25N3O2. The topological polar surface area (TPSA) is 74.8 Å². The monoisotopic (exact) mass is 279 g/mol. The zero-order valence-corrected chi connectivity index (χ0v) is 12.4. The number of amides is 1. The van der Waals surface area contributed by atoms with Crippen LogP contribution in [0.15, 0.2) is 12.5 Å². The van der Waals surface area contributed by atoms with Crippen LogP contribution in [0.1, 0.15) is 58.1 Å². The number of ketones is 1. The molecule has 0 aliphatic heterocycles. The van der Waals surface area contributed by atoms with Crippen molar-refractivity contribution in [3.05, 3.63) is 18.2 Å². The molecule has 0 unspecified atom stereocenters. The van der Waals surface area contributed by atoms with E-state index in [9.17, 15) is 9.59 Å². The molecule has 0 bridgehead atoms. The number of imidazole rings is 1. The van der Waals surface area contributed by atoms with Crippen molar-refractivity contribution in [1.82, 2.24) is 15.3 Å². The van der Waals surface area contributed by atoms with Gasteiger partial charge in [0.2, 0.25) is 5.91 Å². The van der Waals surface area contributed by atoms with Crippen molar-refractivity contribution in [2.24, 2.45) is 0 Å². The summed E-state index contributed by atoms with van der Waals surface area (Å²) in [6.45, 7) is 4.10. The number of Topliss-reactive ketones (excluding diaryl/α,β-unsaturated/α-hetero) is 1. The van der Waals surface area contributed by atoms with E-state index in [2.05, 4.69) is 22.2 Å². The molecule has 1 aromatic heterocycles. The summed E-state index contributed by atoms with van der Waals surface area (Å²) in [6, 6.07) is -0.439. The third kappa shape index (κ3) is 5.99. The van der Waals surface area contributed by atoms with E-state index in [1.807, 2.05) is 6.92 Å². The van der Waals surface area contributed by atoms with Gasteiger partial charge in [0, 0.05) is 31.2 Å². The second-order valence-corrected chi connectivity index (χ2v) is 5.07. The second-order valence-electron chi connectivity index (χ2n) is 5.07. The lowest BCUT2D eigenvalue weighted by Crippen LogP contribution is -2.42. The summed E-state index contributed by atoms with van der Waals surface area (Å²) in [5.74, 6) is 0.0625. The summed E-state index contributed by atoms with van der Waals surface area (Å²) >= 11 is 0. The Balaban J connectivity index is 2.58. The Morgan fingerprint density at radius 2 is 1.95 bits per heavy atom. The van der Waals surface area contributed by atoms with Gasteiger partial charge >= 0.3 is 0 Å². The molecule has 0 spiro atoms. The Bertz CT molecular complexity index is 401. The maximum atomic E-state index is 12.2. The fourth-order valence-corrected chi connectivity index (χ4v) is 1.99. The van der Waals surface area contributed by atoms with Gasteiger partial charge in [0.05, 0.1) is 12.4 Å². The van der Waals surface area contributed by atoms with E-state index in [0.717, 1.165) is 31.4 Å². The predicted molar refractivity (Wildman–Crippen MR) is 78.3 cm³/mol. The van der Waals surface area contributed by atoms with Crippen molar-refractivity contribution in [3.63, 3.8) is 0 Å². The third-order valence-corrected chi connectivity index (χ3v) is 3.24. The maximum absolute atomic E-state index is 12.2. The van der Waals surface area contributed by atoms with Crippen molar-refractivity contribution in [1.29, 1.82) is 0 Å². The molecule has 0 saturated carbocycles. The quantitative estimate of drug-likeness (QED) is 0.690. The highest BCUT2D eigenvalue weighted by Gasteiger charge is 2.20. The highest BCUT2D eigenvalue weighted by atomic mass is 16.2. The van der Waals surface area contributed by atoms with Crippen LogP contribution in [0.25, 0.3) is 0 Å². The molecule has 0 aliphatic carbocycles. The van der Waals surface area contributed by atoms with E-state index in [1.165, 1.54) is 0 Å². The molecule has 1 heterocycles. The van der Waals surface area contributed by atoms with E-state index in [-0.39, 0.29) is 11.7 Å². The first-order chi connectivity index (χ1) is 9.67. The average molecular weight is 279 g/mol. The van der Waals surface area contributed by atoms with E-state index in [0.29, 0.717) is 19.3 Å². The molecule has 5 heteroatoms. The fourth-order valence-electron chi connectivity index (χ4n) is 1.99. The highest BCUT2D eigenvalue weighted by molar-refractivity contribution is 5.89. The Morgan fingerprint density at radius 3 is 2.55 bits per heavy atom. The number of hydrogen-bond donors (Lipinski definition) is 2. The number of carbonyl (C=O) groups excluding carboxylic acids is 2. The summed E-state index contributed by atoms with van der Waals surface area (Å²) in [5, 5.41) is 2.86. The Morgan fingerprint density at radius 1 is 1.25 bits per heavy atom. The number of aromatic amines is 1. The van der Waals surface area contributed by atoms with Gasteiger partial charge in [-0.3, -0.25) is 9.59 Å². The van der Waals surface area contributed by atoms with Crippen LogP contribution in [-0.2, 0) is 16.0 Å². The molecule has 20 heavy (non-hydrogen) atoms. The largest absolute Gasteiger partial charge is 0.348 e. The maximum Gasteiger partial charge on any atom is 0.220 e. The van der Waals surface area contributed by atoms with Crippen molar-refractivity contribution < 1.29 is 9.59 Å². The molecule has 1 atom stereocenters. The fraction of sp³-hybridized carbons (Fsp3) is 0.667. The van der Waals surface area contributed by atoms with E-state index in [1.54, 1.807) is 12.5 Å². The van der Waals surface area contributed by atoms with Crippen LogP contribution in [0.5, 0.6) is 0 Å². The van der Waals surface area contributed by atoms with Crippen LogP contribution >= 0.6 is 0 Å². The number of nitrogens with one attached hydrogen (secondary N) is 2. The molecule has 1 aromatic rings. The van der Waals surface area contributed by atoms with Gasteiger partial charge in [-0.15, -0.1) is 0 Å². The van der Waals surface area contributed by atoms with Crippen LogP contribution in [0.2, 0.25) is 0 Å². The van der Waals surface area contributed by atoms with Gasteiger partial charge < -0.3 is 10.3 Å². The van der Waals surface area contributed by atoms with Crippen LogP contribution in [-0.4, -0.2) is 27.7 Å². The first-order valence-corrected chi connectivity index (χ1v) is 7.46. The molecule has 2 N–H and O–H groups in total. The lowest BCUT2D eigenvalue weighted by atomic mass is 10.0. The zero-order chi connectivity index (χ0) is 14.8. The lowest BCUT2D eigenvalue weighted by Gasteiger charge is -2.17. The molecule has 1 rings (SSSR count). The van der Waals surface area contributed by atoms with E-state index in [4.69, 9.17) is 0 Å². The minimum absolute atomic E-state index is 0.0405. The Hall–Kier alpha value is -1.65. The van der Waals surface area contributed by atoms with Crippen molar-refractivity contribution in [3.8, 4) is 0 Å². The first-order valence-electron chi connectivity index (χ1n) is 7.46. The minimum atomic E-state index is -0.439.